The van der Waals surface area contributed by atoms with Gasteiger partial charge >= 0.3 is 0 Å². The Morgan fingerprint density at radius 3 is 2.42 bits per heavy atom. The van der Waals surface area contributed by atoms with Crippen molar-refractivity contribution in [3.63, 3.8) is 0 Å². The van der Waals surface area contributed by atoms with Gasteiger partial charge in [0.15, 0.2) is 5.82 Å². The van der Waals surface area contributed by atoms with E-state index in [9.17, 15) is 22.5 Å². The molecule has 3 heterocycles. The highest BCUT2D eigenvalue weighted by atomic mass is 32.2. The number of hydrogen-bond acceptors (Lipinski definition) is 6. The van der Waals surface area contributed by atoms with E-state index in [4.69, 9.17) is 0 Å². The monoisotopic (exact) mass is 442 g/mol. The number of pyridine rings is 1. The molecule has 0 aliphatic heterocycles. The Morgan fingerprint density at radius 2 is 1.87 bits per heavy atom. The predicted molar refractivity (Wildman–Crippen MR) is 110 cm³/mol. The summed E-state index contributed by atoms with van der Waals surface area (Å²) >= 11 is 0. The van der Waals surface area contributed by atoms with Crippen LogP contribution in [0.5, 0.6) is 0 Å². The standard InChI is InChI=1S/C20H16F2N6O2S/c1-12-5-18-17(11-24-12)16(8-23)19(28(18)14-3-2-4-14)20-25-9-15(10-26-20)31(29,30)27-13(6-21)7-22/h2-5,9-11,13,27H,6-7H2,1H3. The van der Waals surface area contributed by atoms with Gasteiger partial charge in [-0.3, -0.25) is 4.98 Å². The highest BCUT2D eigenvalue weighted by Crippen LogP contribution is 2.36. The topological polar surface area (TPSA) is 114 Å². The van der Waals surface area contributed by atoms with Gasteiger partial charge in [-0.05, 0) is 25.1 Å². The lowest BCUT2D eigenvalue weighted by molar-refractivity contribution is 0.334. The average Bonchev–Trinajstić information content (AvgIpc) is 3.04. The summed E-state index contributed by atoms with van der Waals surface area (Å²) in [5, 5.41) is 10.4. The van der Waals surface area contributed by atoms with Crippen LogP contribution in [0, 0.1) is 18.3 Å². The minimum Gasteiger partial charge on any atom is -0.305 e. The van der Waals surface area contributed by atoms with Crippen LogP contribution in [0.1, 0.15) is 11.3 Å². The zero-order valence-electron chi connectivity index (χ0n) is 16.2. The second kappa shape index (κ2) is 7.98. The van der Waals surface area contributed by atoms with Gasteiger partial charge in [0.2, 0.25) is 10.0 Å². The van der Waals surface area contributed by atoms with Crippen molar-refractivity contribution >= 4 is 26.6 Å². The first kappa shape index (κ1) is 20.8. The van der Waals surface area contributed by atoms with E-state index < -0.39 is 29.4 Å². The van der Waals surface area contributed by atoms with Crippen LogP contribution in [0.2, 0.25) is 0 Å². The quantitative estimate of drug-likeness (QED) is 0.602. The van der Waals surface area contributed by atoms with E-state index in [0.717, 1.165) is 29.3 Å². The Balaban J connectivity index is 1.84. The lowest BCUT2D eigenvalue weighted by atomic mass is 10.1. The second-order valence-corrected chi connectivity index (χ2v) is 8.55. The number of nitriles is 1. The Labute approximate surface area is 176 Å². The van der Waals surface area contributed by atoms with Gasteiger partial charge in [0.05, 0.1) is 29.5 Å². The lowest BCUT2D eigenvalue weighted by Gasteiger charge is -2.15. The maximum Gasteiger partial charge on any atom is 0.244 e. The van der Waals surface area contributed by atoms with Crippen LogP contribution in [0.15, 0.2) is 47.8 Å². The Kier molecular flexibility index (Phi) is 5.34. The van der Waals surface area contributed by atoms with E-state index in [-0.39, 0.29) is 10.7 Å². The van der Waals surface area contributed by atoms with Gasteiger partial charge in [-0.2, -0.15) is 5.26 Å². The molecule has 0 bridgehead atoms. The third-order valence-electron chi connectivity index (χ3n) is 4.74. The first-order valence-corrected chi connectivity index (χ1v) is 10.6. The van der Waals surface area contributed by atoms with E-state index in [1.54, 1.807) is 6.20 Å². The largest absolute Gasteiger partial charge is 0.305 e. The first-order valence-electron chi connectivity index (χ1n) is 9.16. The molecule has 0 radical (unpaired) electrons. The molecule has 3 aromatic rings. The molecule has 0 unspecified atom stereocenters. The van der Waals surface area contributed by atoms with Gasteiger partial charge in [0.1, 0.15) is 30.0 Å². The van der Waals surface area contributed by atoms with E-state index in [0.29, 0.717) is 16.6 Å². The van der Waals surface area contributed by atoms with Crippen molar-refractivity contribution in [2.24, 2.45) is 0 Å². The number of fused-ring (bicyclic) bond motifs is 1. The number of nitrogens with zero attached hydrogens (tertiary/aromatic N) is 5. The minimum absolute atomic E-state index is 0.123. The van der Waals surface area contributed by atoms with E-state index in [2.05, 4.69) is 21.0 Å². The normalized spacial score (nSPS) is 13.3. The first-order chi connectivity index (χ1) is 14.9. The molecule has 1 aliphatic carbocycles. The number of halogens is 2. The summed E-state index contributed by atoms with van der Waals surface area (Å²) in [6, 6.07) is 2.52. The van der Waals surface area contributed by atoms with Gasteiger partial charge in [-0.15, -0.1) is 0 Å². The predicted octanol–water partition coefficient (Wildman–Crippen LogP) is 2.67. The van der Waals surface area contributed by atoms with Crippen molar-refractivity contribution in [3.8, 4) is 17.6 Å². The van der Waals surface area contributed by atoms with Crippen molar-refractivity contribution < 1.29 is 17.2 Å². The molecule has 11 heteroatoms. The minimum atomic E-state index is -4.21. The second-order valence-electron chi connectivity index (χ2n) is 6.83. The Morgan fingerprint density at radius 1 is 1.19 bits per heavy atom. The number of aryl methyl sites for hydroxylation is 1. The van der Waals surface area contributed by atoms with Gasteiger partial charge < -0.3 is 4.57 Å². The van der Waals surface area contributed by atoms with Crippen LogP contribution < -0.4 is 4.72 Å². The highest BCUT2D eigenvalue weighted by molar-refractivity contribution is 7.89. The van der Waals surface area contributed by atoms with Gasteiger partial charge in [0, 0.05) is 23.0 Å². The lowest BCUT2D eigenvalue weighted by Crippen LogP contribution is -2.38. The van der Waals surface area contributed by atoms with Crippen molar-refractivity contribution in [1.82, 2.24) is 24.2 Å². The number of rotatable bonds is 7. The molecule has 3 aromatic heterocycles. The van der Waals surface area contributed by atoms with Gasteiger partial charge in [-0.1, -0.05) is 6.08 Å². The molecule has 0 saturated heterocycles. The summed E-state index contributed by atoms with van der Waals surface area (Å²) in [6.07, 6.45) is 9.24. The number of alkyl halides is 2. The van der Waals surface area contributed by atoms with E-state index >= 15 is 0 Å². The molecule has 0 spiro atoms. The molecular weight excluding hydrogens is 426 g/mol. The maximum absolute atomic E-state index is 12.7. The summed E-state index contributed by atoms with van der Waals surface area (Å²) < 4.78 is 53.8. The van der Waals surface area contributed by atoms with E-state index in [1.807, 2.05) is 40.5 Å². The fourth-order valence-corrected chi connectivity index (χ4v) is 4.26. The summed E-state index contributed by atoms with van der Waals surface area (Å²) in [5.41, 5.74) is 3.00. The van der Waals surface area contributed by atoms with Crippen LogP contribution in [-0.4, -0.2) is 47.3 Å². The van der Waals surface area contributed by atoms with Crippen LogP contribution in [0.4, 0.5) is 8.78 Å². The molecule has 158 valence electrons. The molecule has 8 nitrogen and oxygen atoms in total. The zero-order chi connectivity index (χ0) is 22.2. The molecule has 1 aliphatic rings. The Bertz CT molecular complexity index is 1370. The fraction of sp³-hybridized carbons (Fsp3) is 0.200. The summed E-state index contributed by atoms with van der Waals surface area (Å²) in [7, 11) is -4.21. The average molecular weight is 442 g/mol. The highest BCUT2D eigenvalue weighted by Gasteiger charge is 2.25. The number of allylic oxidation sites excluding steroid dienone is 4. The number of sulfonamides is 1. The number of aromatic nitrogens is 4. The van der Waals surface area contributed by atoms with Crippen LogP contribution in [0.3, 0.4) is 0 Å². The Hall–Kier alpha value is -3.49. The summed E-state index contributed by atoms with van der Waals surface area (Å²) in [5.74, 6) is 0.123. The van der Waals surface area contributed by atoms with Crippen molar-refractivity contribution in [1.29, 1.82) is 5.26 Å². The third kappa shape index (κ3) is 3.60. The SMILES string of the molecule is Cc1cc2c(cn1)c(C#N)c(-c1ncc(S(=O)(=O)NC(CF)CF)cn1)n2C1=CC=C1. The number of hydrogen-bond donors (Lipinski definition) is 1. The van der Waals surface area contributed by atoms with Crippen molar-refractivity contribution in [2.75, 3.05) is 13.3 Å². The van der Waals surface area contributed by atoms with Crippen molar-refractivity contribution in [3.05, 3.63) is 54.1 Å². The zero-order valence-corrected chi connectivity index (χ0v) is 17.1. The van der Waals surface area contributed by atoms with Gasteiger partial charge in [0.25, 0.3) is 0 Å². The van der Waals surface area contributed by atoms with E-state index in [1.165, 1.54) is 0 Å². The maximum atomic E-state index is 12.7. The van der Waals surface area contributed by atoms with Gasteiger partial charge in [-0.25, -0.2) is 31.9 Å². The van der Waals surface area contributed by atoms with Crippen LogP contribution >= 0.6 is 0 Å². The van der Waals surface area contributed by atoms with Crippen LogP contribution in [-0.2, 0) is 10.0 Å². The molecule has 0 atom stereocenters. The smallest absolute Gasteiger partial charge is 0.244 e. The molecule has 0 amide bonds. The fourth-order valence-electron chi connectivity index (χ4n) is 3.18. The molecular formula is C20H16F2N6O2S. The molecule has 1 N–H and O–H groups in total. The van der Waals surface area contributed by atoms with Crippen molar-refractivity contribution in [2.45, 2.75) is 17.9 Å². The summed E-state index contributed by atoms with van der Waals surface area (Å²) in [4.78, 5) is 12.2. The molecule has 0 fully saturated rings. The van der Waals surface area contributed by atoms with Crippen LogP contribution in [0.25, 0.3) is 28.1 Å². The number of nitrogens with one attached hydrogen (secondary N) is 1. The summed E-state index contributed by atoms with van der Waals surface area (Å²) in [6.45, 7) is -0.536. The third-order valence-corrected chi connectivity index (χ3v) is 6.21. The molecule has 0 aromatic carbocycles. The molecule has 4 rings (SSSR count). The molecule has 0 saturated carbocycles. The molecule has 31 heavy (non-hydrogen) atoms.